The fraction of sp³-hybridized carbons (Fsp3) is 0.176. The molecule has 0 heterocycles. The Morgan fingerprint density at radius 1 is 0.778 bits per heavy atom. The van der Waals surface area contributed by atoms with E-state index in [4.69, 9.17) is 0 Å². The van der Waals surface area contributed by atoms with Crippen molar-refractivity contribution < 1.29 is 4.39 Å². The molecule has 2 aromatic rings. The molecule has 0 unspecified atom stereocenters. The van der Waals surface area contributed by atoms with E-state index in [1.807, 2.05) is 12.1 Å². The number of hydrogen-bond acceptors (Lipinski definition) is 0. The van der Waals surface area contributed by atoms with Crippen molar-refractivity contribution in [1.29, 1.82) is 0 Å². The molecule has 0 aromatic heterocycles. The highest BCUT2D eigenvalue weighted by Gasteiger charge is 2.06. The first-order valence-corrected chi connectivity index (χ1v) is 6.08. The molecule has 0 atom stereocenters. The summed E-state index contributed by atoms with van der Waals surface area (Å²) in [6.07, 6.45) is 0. The summed E-state index contributed by atoms with van der Waals surface area (Å²) in [5.41, 5.74) is 5.87. The molecule has 1 heteroatoms. The highest BCUT2D eigenvalue weighted by Crippen LogP contribution is 2.27. The molecule has 0 saturated carbocycles. The second kappa shape index (κ2) is 5.18. The van der Waals surface area contributed by atoms with Crippen LogP contribution in [0.4, 0.5) is 4.39 Å². The molecule has 0 aliphatic heterocycles. The number of rotatable bonds is 2. The fourth-order valence-corrected chi connectivity index (χ4v) is 2.08. The Hall–Kier alpha value is -1.89. The summed E-state index contributed by atoms with van der Waals surface area (Å²) in [4.78, 5) is 0. The van der Waals surface area contributed by atoms with E-state index in [9.17, 15) is 4.39 Å². The molecule has 0 amide bonds. The van der Waals surface area contributed by atoms with Crippen LogP contribution in [-0.4, -0.2) is 0 Å². The van der Waals surface area contributed by atoms with Crippen LogP contribution in [0.2, 0.25) is 0 Å². The molecule has 0 nitrogen and oxygen atoms in total. The maximum atomic E-state index is 13.0. The predicted octanol–water partition coefficient (Wildman–Crippen LogP) is 4.98. The van der Waals surface area contributed by atoms with Gasteiger partial charge >= 0.3 is 0 Å². The monoisotopic (exact) mass is 240 g/mol. The molecule has 92 valence electrons. The highest BCUT2D eigenvalue weighted by molar-refractivity contribution is 5.81. The van der Waals surface area contributed by atoms with E-state index in [0.29, 0.717) is 0 Å². The lowest BCUT2D eigenvalue weighted by Gasteiger charge is -2.11. The molecule has 2 aromatic carbocycles. The molecule has 0 radical (unpaired) electrons. The van der Waals surface area contributed by atoms with Crippen molar-refractivity contribution in [2.45, 2.75) is 20.8 Å². The van der Waals surface area contributed by atoms with Crippen LogP contribution < -0.4 is 0 Å². The third-order valence-corrected chi connectivity index (χ3v) is 2.97. The molecule has 0 N–H and O–H groups in total. The van der Waals surface area contributed by atoms with Gasteiger partial charge in [0.05, 0.1) is 0 Å². The smallest absolute Gasteiger partial charge is 0.123 e. The van der Waals surface area contributed by atoms with E-state index >= 15 is 0 Å². The third-order valence-electron chi connectivity index (χ3n) is 2.97. The Morgan fingerprint density at radius 3 is 1.67 bits per heavy atom. The number of halogens is 1. The van der Waals surface area contributed by atoms with E-state index in [1.165, 1.54) is 34.4 Å². The van der Waals surface area contributed by atoms with Crippen molar-refractivity contribution in [2.24, 2.45) is 0 Å². The Labute approximate surface area is 108 Å². The third kappa shape index (κ3) is 2.67. The fourth-order valence-electron chi connectivity index (χ4n) is 2.08. The Morgan fingerprint density at radius 2 is 1.22 bits per heavy atom. The Bertz CT molecular complexity index is 508. The van der Waals surface area contributed by atoms with Crippen LogP contribution in [0.1, 0.15) is 30.5 Å². The quantitative estimate of drug-likeness (QED) is 0.694. The summed E-state index contributed by atoms with van der Waals surface area (Å²) >= 11 is 0. The van der Waals surface area contributed by atoms with Crippen molar-refractivity contribution in [3.63, 3.8) is 0 Å². The molecule has 0 saturated heterocycles. The summed E-state index contributed by atoms with van der Waals surface area (Å²) < 4.78 is 13.0. The lowest BCUT2D eigenvalue weighted by atomic mass is 9.94. The molecule has 0 aliphatic rings. The van der Waals surface area contributed by atoms with Crippen LogP contribution in [-0.2, 0) is 0 Å². The molecule has 0 aliphatic carbocycles. The van der Waals surface area contributed by atoms with Gasteiger partial charge in [-0.1, -0.05) is 47.5 Å². The van der Waals surface area contributed by atoms with Gasteiger partial charge in [-0.05, 0) is 49.6 Å². The first kappa shape index (κ1) is 12.6. The summed E-state index contributed by atoms with van der Waals surface area (Å²) in [6, 6.07) is 15.1. The minimum absolute atomic E-state index is 0.198. The van der Waals surface area contributed by atoms with Gasteiger partial charge in [0.1, 0.15) is 5.82 Å². The number of hydrogen-bond donors (Lipinski definition) is 0. The van der Waals surface area contributed by atoms with Crippen LogP contribution in [0.25, 0.3) is 5.57 Å². The molecule has 2 rings (SSSR count). The van der Waals surface area contributed by atoms with E-state index in [-0.39, 0.29) is 5.82 Å². The van der Waals surface area contributed by atoms with Crippen molar-refractivity contribution in [1.82, 2.24) is 0 Å². The van der Waals surface area contributed by atoms with Crippen LogP contribution >= 0.6 is 0 Å². The minimum atomic E-state index is -0.198. The molecular formula is C17H17F. The maximum Gasteiger partial charge on any atom is 0.123 e. The zero-order chi connectivity index (χ0) is 13.1. The van der Waals surface area contributed by atoms with Crippen LogP contribution in [0, 0.1) is 12.7 Å². The van der Waals surface area contributed by atoms with Gasteiger partial charge < -0.3 is 0 Å². The van der Waals surface area contributed by atoms with E-state index in [2.05, 4.69) is 45.0 Å². The second-order valence-electron chi connectivity index (χ2n) is 4.75. The number of benzene rings is 2. The zero-order valence-electron chi connectivity index (χ0n) is 11.0. The lowest BCUT2D eigenvalue weighted by molar-refractivity contribution is 0.627. The Kier molecular flexibility index (Phi) is 3.61. The van der Waals surface area contributed by atoms with Gasteiger partial charge in [-0.3, -0.25) is 0 Å². The topological polar surface area (TPSA) is 0 Å². The van der Waals surface area contributed by atoms with Crippen molar-refractivity contribution in [2.75, 3.05) is 0 Å². The number of aryl methyl sites for hydroxylation is 1. The van der Waals surface area contributed by atoms with Gasteiger partial charge in [0.15, 0.2) is 0 Å². The van der Waals surface area contributed by atoms with Gasteiger partial charge in [0.2, 0.25) is 0 Å². The lowest BCUT2D eigenvalue weighted by Crippen LogP contribution is -1.91. The molecule has 0 bridgehead atoms. The average Bonchev–Trinajstić information content (AvgIpc) is 2.34. The standard InChI is InChI=1S/C17H17F/c1-12(2)17(14-6-4-13(3)5-7-14)15-8-10-16(18)11-9-15/h4-11H,1-3H3. The normalized spacial score (nSPS) is 10.2. The summed E-state index contributed by atoms with van der Waals surface area (Å²) in [5, 5.41) is 0. The Balaban J connectivity index is 2.51. The SMILES string of the molecule is CC(C)=C(c1ccc(C)cc1)c1ccc(F)cc1. The van der Waals surface area contributed by atoms with Crippen LogP contribution in [0.5, 0.6) is 0 Å². The van der Waals surface area contributed by atoms with Crippen molar-refractivity contribution in [3.05, 3.63) is 76.6 Å². The summed E-state index contributed by atoms with van der Waals surface area (Å²) in [7, 11) is 0. The minimum Gasteiger partial charge on any atom is -0.207 e. The molecule has 0 spiro atoms. The maximum absolute atomic E-state index is 13.0. The van der Waals surface area contributed by atoms with Crippen molar-refractivity contribution >= 4 is 5.57 Å². The van der Waals surface area contributed by atoms with Gasteiger partial charge in [-0.15, -0.1) is 0 Å². The van der Waals surface area contributed by atoms with Gasteiger partial charge in [0.25, 0.3) is 0 Å². The molecule has 18 heavy (non-hydrogen) atoms. The summed E-state index contributed by atoms with van der Waals surface area (Å²) in [5.74, 6) is -0.198. The van der Waals surface area contributed by atoms with E-state index < -0.39 is 0 Å². The first-order valence-electron chi connectivity index (χ1n) is 6.08. The molecular weight excluding hydrogens is 223 g/mol. The van der Waals surface area contributed by atoms with Crippen LogP contribution in [0.3, 0.4) is 0 Å². The van der Waals surface area contributed by atoms with E-state index in [0.717, 1.165) is 5.56 Å². The van der Waals surface area contributed by atoms with E-state index in [1.54, 1.807) is 0 Å². The second-order valence-corrected chi connectivity index (χ2v) is 4.75. The predicted molar refractivity (Wildman–Crippen MR) is 74.9 cm³/mol. The van der Waals surface area contributed by atoms with Gasteiger partial charge in [-0.2, -0.15) is 0 Å². The van der Waals surface area contributed by atoms with Crippen LogP contribution in [0.15, 0.2) is 54.1 Å². The number of allylic oxidation sites excluding steroid dienone is 1. The average molecular weight is 240 g/mol. The summed E-state index contributed by atoms with van der Waals surface area (Å²) in [6.45, 7) is 6.24. The largest absolute Gasteiger partial charge is 0.207 e. The van der Waals surface area contributed by atoms with Gasteiger partial charge in [0, 0.05) is 0 Å². The molecule has 0 fully saturated rings. The van der Waals surface area contributed by atoms with Crippen molar-refractivity contribution in [3.8, 4) is 0 Å². The van der Waals surface area contributed by atoms with Gasteiger partial charge in [-0.25, -0.2) is 4.39 Å². The zero-order valence-corrected chi connectivity index (χ0v) is 11.0. The highest BCUT2D eigenvalue weighted by atomic mass is 19.1. The first-order chi connectivity index (χ1) is 8.58.